The second-order valence-corrected chi connectivity index (χ2v) is 6.81. The maximum atomic E-state index is 12.4. The van der Waals surface area contributed by atoms with Crippen LogP contribution in [0.4, 0.5) is 0 Å². The molecule has 23 heavy (non-hydrogen) atoms. The van der Waals surface area contributed by atoms with Crippen LogP contribution in [-0.4, -0.2) is 53.0 Å². The van der Waals surface area contributed by atoms with E-state index in [0.717, 1.165) is 38.5 Å². The molecule has 0 bridgehead atoms. The van der Waals surface area contributed by atoms with Gasteiger partial charge in [0.15, 0.2) is 0 Å². The molecule has 2 aliphatic rings. The number of carbonyl (C=O) groups is 3. The summed E-state index contributed by atoms with van der Waals surface area (Å²) in [5.41, 5.74) is 6.17. The number of carbonyl (C=O) groups excluding carboxylic acids is 2. The largest absolute Gasteiger partial charge is 0.481 e. The first-order chi connectivity index (χ1) is 10.9. The standard InChI is InChI=1S/C16H27N3O4/c1-19(12-3-2-4-12)16(23)15(17)10-5-7-11(8-6-10)18-13(20)9-14(21)22/h10-12,15H,2-9,17H2,1H3,(H,18,20)(H,21,22)/t10?,11?,15-/m0/s1. The van der Waals surface area contributed by atoms with Crippen LogP contribution in [0.1, 0.15) is 51.4 Å². The first-order valence-electron chi connectivity index (χ1n) is 8.42. The molecular weight excluding hydrogens is 298 g/mol. The molecule has 2 saturated carbocycles. The van der Waals surface area contributed by atoms with Crippen LogP contribution in [0.25, 0.3) is 0 Å². The number of nitrogens with one attached hydrogen (secondary N) is 1. The van der Waals surface area contributed by atoms with Gasteiger partial charge in [-0.2, -0.15) is 0 Å². The van der Waals surface area contributed by atoms with Crippen molar-refractivity contribution in [1.82, 2.24) is 10.2 Å². The topological polar surface area (TPSA) is 113 Å². The SMILES string of the molecule is CN(C(=O)[C@@H](N)C1CCC(NC(=O)CC(=O)O)CC1)C1CCC1. The van der Waals surface area contributed by atoms with Gasteiger partial charge in [0.2, 0.25) is 11.8 Å². The van der Waals surface area contributed by atoms with Crippen molar-refractivity contribution in [1.29, 1.82) is 0 Å². The van der Waals surface area contributed by atoms with Gasteiger partial charge in [-0.1, -0.05) is 0 Å². The van der Waals surface area contributed by atoms with Crippen LogP contribution in [0.5, 0.6) is 0 Å². The van der Waals surface area contributed by atoms with Crippen molar-refractivity contribution in [2.24, 2.45) is 11.7 Å². The molecule has 0 aromatic carbocycles. The van der Waals surface area contributed by atoms with E-state index in [2.05, 4.69) is 5.32 Å². The van der Waals surface area contributed by atoms with E-state index in [0.29, 0.717) is 6.04 Å². The molecule has 0 saturated heterocycles. The third-order valence-electron chi connectivity index (χ3n) is 5.21. The summed E-state index contributed by atoms with van der Waals surface area (Å²) >= 11 is 0. The molecule has 130 valence electrons. The quantitative estimate of drug-likeness (QED) is 0.615. The van der Waals surface area contributed by atoms with Crippen LogP contribution in [0.3, 0.4) is 0 Å². The van der Waals surface area contributed by atoms with E-state index in [-0.39, 0.29) is 17.9 Å². The lowest BCUT2D eigenvalue weighted by molar-refractivity contribution is -0.141. The Morgan fingerprint density at radius 1 is 1.17 bits per heavy atom. The van der Waals surface area contributed by atoms with Crippen molar-refractivity contribution in [3.63, 3.8) is 0 Å². The molecule has 0 aromatic rings. The Morgan fingerprint density at radius 3 is 2.26 bits per heavy atom. The molecule has 0 spiro atoms. The normalized spacial score (nSPS) is 26.0. The Balaban J connectivity index is 1.75. The highest BCUT2D eigenvalue weighted by molar-refractivity contribution is 5.93. The Kier molecular flexibility index (Phi) is 5.98. The number of carboxylic acid groups (broad SMARTS) is 1. The highest BCUT2D eigenvalue weighted by atomic mass is 16.4. The van der Waals surface area contributed by atoms with Gasteiger partial charge in [-0.15, -0.1) is 0 Å². The third kappa shape index (κ3) is 4.67. The molecule has 0 aromatic heterocycles. The minimum Gasteiger partial charge on any atom is -0.481 e. The number of rotatable bonds is 6. The van der Waals surface area contributed by atoms with Gasteiger partial charge in [-0.05, 0) is 50.9 Å². The van der Waals surface area contributed by atoms with E-state index < -0.39 is 24.3 Å². The minimum atomic E-state index is -1.12. The number of likely N-dealkylation sites (N-methyl/N-ethyl adjacent to an activating group) is 1. The van der Waals surface area contributed by atoms with Crippen LogP contribution < -0.4 is 11.1 Å². The fourth-order valence-electron chi connectivity index (χ4n) is 3.43. The smallest absolute Gasteiger partial charge is 0.312 e. The van der Waals surface area contributed by atoms with E-state index >= 15 is 0 Å². The molecule has 2 amide bonds. The van der Waals surface area contributed by atoms with Gasteiger partial charge in [0.1, 0.15) is 6.42 Å². The number of amides is 2. The Bertz CT molecular complexity index is 456. The Morgan fingerprint density at radius 2 is 1.78 bits per heavy atom. The molecule has 2 rings (SSSR count). The van der Waals surface area contributed by atoms with Gasteiger partial charge in [-0.3, -0.25) is 14.4 Å². The summed E-state index contributed by atoms with van der Waals surface area (Å²) in [4.78, 5) is 36.2. The average Bonchev–Trinajstić information content (AvgIpc) is 2.43. The first kappa shape index (κ1) is 17.7. The fraction of sp³-hybridized carbons (Fsp3) is 0.812. The lowest BCUT2D eigenvalue weighted by Gasteiger charge is -2.38. The predicted octanol–water partition coefficient (Wildman–Crippen LogP) is 0.474. The molecule has 2 fully saturated rings. The summed E-state index contributed by atoms with van der Waals surface area (Å²) in [5, 5.41) is 11.3. The molecule has 7 heteroatoms. The number of hydrogen-bond acceptors (Lipinski definition) is 4. The van der Waals surface area contributed by atoms with E-state index in [1.54, 1.807) is 4.90 Å². The van der Waals surface area contributed by atoms with Crippen LogP contribution in [0.2, 0.25) is 0 Å². The average molecular weight is 325 g/mol. The van der Waals surface area contributed by atoms with Crippen LogP contribution in [0.15, 0.2) is 0 Å². The van der Waals surface area contributed by atoms with Gasteiger partial charge in [0.05, 0.1) is 6.04 Å². The van der Waals surface area contributed by atoms with Crippen LogP contribution in [-0.2, 0) is 14.4 Å². The molecular formula is C16H27N3O4. The molecule has 0 aliphatic heterocycles. The van der Waals surface area contributed by atoms with E-state index in [9.17, 15) is 14.4 Å². The zero-order valence-electron chi connectivity index (χ0n) is 13.7. The Hall–Kier alpha value is -1.63. The van der Waals surface area contributed by atoms with Gasteiger partial charge >= 0.3 is 5.97 Å². The molecule has 7 nitrogen and oxygen atoms in total. The fourth-order valence-corrected chi connectivity index (χ4v) is 3.43. The molecule has 4 N–H and O–H groups in total. The van der Waals surface area contributed by atoms with Gasteiger partial charge in [0, 0.05) is 19.1 Å². The monoisotopic (exact) mass is 325 g/mol. The van der Waals surface area contributed by atoms with Gasteiger partial charge in [0.25, 0.3) is 0 Å². The summed E-state index contributed by atoms with van der Waals surface area (Å²) < 4.78 is 0. The number of nitrogens with two attached hydrogens (primary N) is 1. The number of nitrogens with zero attached hydrogens (tertiary/aromatic N) is 1. The first-order valence-corrected chi connectivity index (χ1v) is 8.42. The summed E-state index contributed by atoms with van der Waals surface area (Å²) in [7, 11) is 1.84. The van der Waals surface area contributed by atoms with Gasteiger partial charge in [-0.25, -0.2) is 0 Å². The molecule has 0 unspecified atom stereocenters. The van der Waals surface area contributed by atoms with E-state index in [1.165, 1.54) is 6.42 Å². The highest BCUT2D eigenvalue weighted by Crippen LogP contribution is 2.29. The van der Waals surface area contributed by atoms with Crippen LogP contribution >= 0.6 is 0 Å². The highest BCUT2D eigenvalue weighted by Gasteiger charge is 2.34. The van der Waals surface area contributed by atoms with E-state index in [1.807, 2.05) is 7.05 Å². The number of carboxylic acids is 1. The lowest BCUT2D eigenvalue weighted by Crippen LogP contribution is -2.52. The molecule has 0 radical (unpaired) electrons. The molecule has 2 aliphatic carbocycles. The summed E-state index contributed by atoms with van der Waals surface area (Å²) in [5.74, 6) is -1.42. The Labute approximate surface area is 136 Å². The maximum Gasteiger partial charge on any atom is 0.312 e. The summed E-state index contributed by atoms with van der Waals surface area (Å²) in [6.45, 7) is 0. The van der Waals surface area contributed by atoms with E-state index in [4.69, 9.17) is 10.8 Å². The van der Waals surface area contributed by atoms with Crippen LogP contribution in [0, 0.1) is 5.92 Å². The molecule has 1 atom stereocenters. The van der Waals surface area contributed by atoms with Crippen molar-refractivity contribution in [3.05, 3.63) is 0 Å². The van der Waals surface area contributed by atoms with Crippen molar-refractivity contribution in [3.8, 4) is 0 Å². The van der Waals surface area contributed by atoms with Crippen molar-refractivity contribution in [2.75, 3.05) is 7.05 Å². The van der Waals surface area contributed by atoms with Crippen molar-refractivity contribution in [2.45, 2.75) is 69.5 Å². The summed E-state index contributed by atoms with van der Waals surface area (Å²) in [6, 6.07) is -0.138. The lowest BCUT2D eigenvalue weighted by atomic mass is 9.81. The maximum absolute atomic E-state index is 12.4. The number of aliphatic carboxylic acids is 1. The number of hydrogen-bond donors (Lipinski definition) is 3. The zero-order chi connectivity index (χ0) is 17.0. The minimum absolute atomic E-state index is 0.00948. The second kappa shape index (κ2) is 7.77. The summed E-state index contributed by atoms with van der Waals surface area (Å²) in [6.07, 6.45) is 5.86. The predicted molar refractivity (Wildman–Crippen MR) is 84.5 cm³/mol. The van der Waals surface area contributed by atoms with Crippen molar-refractivity contribution < 1.29 is 19.5 Å². The second-order valence-electron chi connectivity index (χ2n) is 6.81. The van der Waals surface area contributed by atoms with Gasteiger partial charge < -0.3 is 21.1 Å². The zero-order valence-corrected chi connectivity index (χ0v) is 13.7. The molecule has 0 heterocycles. The van der Waals surface area contributed by atoms with Crippen molar-refractivity contribution >= 4 is 17.8 Å². The third-order valence-corrected chi connectivity index (χ3v) is 5.21.